The van der Waals surface area contributed by atoms with Gasteiger partial charge in [-0.25, -0.2) is 9.59 Å². The predicted octanol–water partition coefficient (Wildman–Crippen LogP) is 4.35. The maximum Gasteiger partial charge on any atom is 0.328 e. The van der Waals surface area contributed by atoms with Gasteiger partial charge in [-0.15, -0.1) is 0 Å². The molecule has 0 aliphatic rings. The van der Waals surface area contributed by atoms with Crippen LogP contribution in [0.15, 0.2) is 47.1 Å². The van der Waals surface area contributed by atoms with Gasteiger partial charge < -0.3 is 15.5 Å². The quantitative estimate of drug-likeness (QED) is 0.218. The van der Waals surface area contributed by atoms with Crippen LogP contribution in [0.3, 0.4) is 0 Å². The molecule has 29 heavy (non-hydrogen) atoms. The van der Waals surface area contributed by atoms with Crippen molar-refractivity contribution in [1.29, 1.82) is 0 Å². The Hall–Kier alpha value is -2.28. The lowest BCUT2D eigenvalue weighted by Crippen LogP contribution is -2.42. The summed E-state index contributed by atoms with van der Waals surface area (Å²) in [7, 11) is 0. The molecular formula is C22H33NO5S. The zero-order chi connectivity index (χ0) is 22.2. The Labute approximate surface area is 177 Å². The largest absolute Gasteiger partial charge is 0.480 e. The van der Waals surface area contributed by atoms with Crippen LogP contribution in [0.1, 0.15) is 53.4 Å². The van der Waals surface area contributed by atoms with Gasteiger partial charge in [-0.3, -0.25) is 4.79 Å². The average Bonchev–Trinajstić information content (AvgIpc) is 2.61. The number of aliphatic carboxylic acids is 2. The van der Waals surface area contributed by atoms with Crippen molar-refractivity contribution in [2.75, 3.05) is 11.5 Å². The first-order valence-corrected chi connectivity index (χ1v) is 10.7. The van der Waals surface area contributed by atoms with Crippen LogP contribution in [-0.4, -0.2) is 45.6 Å². The molecule has 0 aromatic carbocycles. The van der Waals surface area contributed by atoms with Gasteiger partial charge in [0.25, 0.3) is 0 Å². The van der Waals surface area contributed by atoms with Crippen molar-refractivity contribution >= 4 is 29.6 Å². The summed E-state index contributed by atoms with van der Waals surface area (Å²) in [5.41, 5.74) is 3.98. The minimum Gasteiger partial charge on any atom is -0.480 e. The minimum atomic E-state index is -1.26. The Morgan fingerprint density at radius 2 is 1.48 bits per heavy atom. The molecule has 0 radical (unpaired) electrons. The standard InChI is InChI=1S/C22H33NO5S/c1-16(2)7-5-8-17(3)9-6-10-18(4)13-14-29-15-19(22(27)28)23-20(24)11-12-21(25)26/h7,9,11-13,19H,5-6,8,10,14-15H2,1-4H3,(H,23,24)(H,25,26)(H,27,28)/t19-/m0/s1. The molecule has 0 unspecified atom stereocenters. The fraction of sp³-hybridized carbons (Fsp3) is 0.500. The van der Waals surface area contributed by atoms with E-state index in [1.54, 1.807) is 0 Å². The van der Waals surface area contributed by atoms with Crippen LogP contribution >= 0.6 is 11.8 Å². The molecule has 3 N–H and O–H groups in total. The number of rotatable bonds is 14. The highest BCUT2D eigenvalue weighted by Gasteiger charge is 2.18. The van der Waals surface area contributed by atoms with Gasteiger partial charge in [0, 0.05) is 23.7 Å². The fourth-order valence-corrected chi connectivity index (χ4v) is 3.27. The van der Waals surface area contributed by atoms with Crippen LogP contribution in [0.5, 0.6) is 0 Å². The van der Waals surface area contributed by atoms with Crippen molar-refractivity contribution in [2.24, 2.45) is 0 Å². The van der Waals surface area contributed by atoms with Crippen molar-refractivity contribution < 1.29 is 24.6 Å². The molecule has 1 atom stereocenters. The first kappa shape index (κ1) is 26.7. The molecule has 0 aliphatic heterocycles. The predicted molar refractivity (Wildman–Crippen MR) is 119 cm³/mol. The number of nitrogens with one attached hydrogen (secondary N) is 1. The molecule has 0 heterocycles. The summed E-state index contributed by atoms with van der Waals surface area (Å²) < 4.78 is 0. The number of carbonyl (C=O) groups is 3. The number of carbonyl (C=O) groups excluding carboxylic acids is 1. The molecule has 0 aromatic heterocycles. The Balaban J connectivity index is 4.27. The van der Waals surface area contributed by atoms with Gasteiger partial charge in [0.15, 0.2) is 0 Å². The number of hydrogen-bond donors (Lipinski definition) is 3. The second-order valence-corrected chi connectivity index (χ2v) is 8.14. The molecule has 0 bridgehead atoms. The first-order chi connectivity index (χ1) is 13.6. The summed E-state index contributed by atoms with van der Waals surface area (Å²) in [5.74, 6) is -2.29. The first-order valence-electron chi connectivity index (χ1n) is 9.58. The van der Waals surface area contributed by atoms with Crippen molar-refractivity contribution in [1.82, 2.24) is 5.32 Å². The normalized spacial score (nSPS) is 13.2. The number of carboxylic acid groups (broad SMARTS) is 2. The minimum absolute atomic E-state index is 0.204. The number of hydrogen-bond acceptors (Lipinski definition) is 4. The summed E-state index contributed by atoms with van der Waals surface area (Å²) in [4.78, 5) is 33.1. The molecule has 0 aromatic rings. The third-order valence-corrected chi connectivity index (χ3v) is 4.92. The topological polar surface area (TPSA) is 104 Å². The maximum atomic E-state index is 11.5. The van der Waals surface area contributed by atoms with Crippen molar-refractivity contribution in [3.63, 3.8) is 0 Å². The lowest BCUT2D eigenvalue weighted by atomic mass is 10.1. The molecular weight excluding hydrogens is 390 g/mol. The van der Waals surface area contributed by atoms with E-state index in [1.807, 2.05) is 0 Å². The monoisotopic (exact) mass is 423 g/mol. The van der Waals surface area contributed by atoms with E-state index in [2.05, 4.69) is 51.2 Å². The second kappa shape index (κ2) is 15.6. The van der Waals surface area contributed by atoms with Gasteiger partial charge >= 0.3 is 11.9 Å². The van der Waals surface area contributed by atoms with Gasteiger partial charge in [-0.05, 0) is 53.4 Å². The summed E-state index contributed by atoms with van der Waals surface area (Å²) in [6.07, 6.45) is 12.2. The third-order valence-electron chi connectivity index (χ3n) is 3.95. The van der Waals surface area contributed by atoms with Crippen LogP contribution in [0, 0.1) is 0 Å². The zero-order valence-corrected chi connectivity index (χ0v) is 18.6. The highest BCUT2D eigenvalue weighted by atomic mass is 32.2. The van der Waals surface area contributed by atoms with Gasteiger partial charge in [0.05, 0.1) is 0 Å². The summed E-state index contributed by atoms with van der Waals surface area (Å²) in [6.45, 7) is 8.42. The molecule has 7 heteroatoms. The van der Waals surface area contributed by atoms with Crippen LogP contribution in [0.4, 0.5) is 0 Å². The molecule has 6 nitrogen and oxygen atoms in total. The van der Waals surface area contributed by atoms with E-state index in [0.717, 1.165) is 31.8 Å². The molecule has 0 spiro atoms. The van der Waals surface area contributed by atoms with Gasteiger partial charge in [0.1, 0.15) is 6.04 Å². The number of thioether (sulfide) groups is 1. The maximum absolute atomic E-state index is 11.5. The van der Waals surface area contributed by atoms with Crippen LogP contribution < -0.4 is 5.32 Å². The molecule has 0 aliphatic carbocycles. The van der Waals surface area contributed by atoms with Gasteiger partial charge in [-0.1, -0.05) is 34.9 Å². The van der Waals surface area contributed by atoms with Gasteiger partial charge in [-0.2, -0.15) is 11.8 Å². The fourth-order valence-electron chi connectivity index (χ4n) is 2.27. The Morgan fingerprint density at radius 1 is 0.897 bits per heavy atom. The summed E-state index contributed by atoms with van der Waals surface area (Å²) in [5, 5.41) is 19.9. The SMILES string of the molecule is CC(C)=CCCC(C)=CCCC(C)=CCSC[C@H](NC(=O)C=CC(=O)O)C(=O)O. The highest BCUT2D eigenvalue weighted by molar-refractivity contribution is 7.99. The van der Waals surface area contributed by atoms with Gasteiger partial charge in [0.2, 0.25) is 5.91 Å². The van der Waals surface area contributed by atoms with Crippen molar-refractivity contribution in [2.45, 2.75) is 59.4 Å². The molecule has 0 saturated heterocycles. The third kappa shape index (κ3) is 16.4. The molecule has 0 fully saturated rings. The second-order valence-electron chi connectivity index (χ2n) is 7.07. The summed E-state index contributed by atoms with van der Waals surface area (Å²) >= 11 is 1.40. The van der Waals surface area contributed by atoms with E-state index in [4.69, 9.17) is 5.11 Å². The van der Waals surface area contributed by atoms with Crippen LogP contribution in [0.2, 0.25) is 0 Å². The highest BCUT2D eigenvalue weighted by Crippen LogP contribution is 2.13. The lowest BCUT2D eigenvalue weighted by molar-refractivity contribution is -0.140. The number of carboxylic acids is 2. The smallest absolute Gasteiger partial charge is 0.328 e. The number of amides is 1. The molecule has 162 valence electrons. The van der Waals surface area contributed by atoms with E-state index in [1.165, 1.54) is 28.5 Å². The van der Waals surface area contributed by atoms with E-state index in [9.17, 15) is 19.5 Å². The van der Waals surface area contributed by atoms with Crippen molar-refractivity contribution in [3.8, 4) is 0 Å². The van der Waals surface area contributed by atoms with E-state index >= 15 is 0 Å². The van der Waals surface area contributed by atoms with Crippen LogP contribution in [0.25, 0.3) is 0 Å². The van der Waals surface area contributed by atoms with E-state index in [-0.39, 0.29) is 5.75 Å². The average molecular weight is 424 g/mol. The molecule has 0 saturated carbocycles. The van der Waals surface area contributed by atoms with E-state index in [0.29, 0.717) is 11.8 Å². The lowest BCUT2D eigenvalue weighted by Gasteiger charge is -2.12. The van der Waals surface area contributed by atoms with Crippen molar-refractivity contribution in [3.05, 3.63) is 47.1 Å². The van der Waals surface area contributed by atoms with Crippen LogP contribution in [-0.2, 0) is 14.4 Å². The summed E-state index contributed by atoms with van der Waals surface area (Å²) in [6, 6.07) is -1.06. The Morgan fingerprint density at radius 3 is 2.03 bits per heavy atom. The molecule has 1 amide bonds. The Kier molecular flexibility index (Phi) is 14.4. The number of allylic oxidation sites excluding steroid dienone is 5. The molecule has 0 rings (SSSR count). The Bertz CT molecular complexity index is 673. The zero-order valence-electron chi connectivity index (χ0n) is 17.7. The van der Waals surface area contributed by atoms with E-state index < -0.39 is 23.9 Å².